The number of ketones is 1. The number of benzene rings is 1. The zero-order valence-electron chi connectivity index (χ0n) is 24.8. The van der Waals surface area contributed by atoms with E-state index in [9.17, 15) is 14.4 Å². The number of allylic oxidation sites excluding steroid dienone is 2. The molecule has 43 heavy (non-hydrogen) atoms. The second-order valence-corrected chi connectivity index (χ2v) is 13.4. The molecule has 224 valence electrons. The summed E-state index contributed by atoms with van der Waals surface area (Å²) in [5.74, 6) is 0.342. The Morgan fingerprint density at radius 1 is 1.07 bits per heavy atom. The van der Waals surface area contributed by atoms with Crippen molar-refractivity contribution in [1.29, 1.82) is 0 Å². The highest BCUT2D eigenvalue weighted by Crippen LogP contribution is 2.72. The molecule has 3 aliphatic carbocycles. The number of furan rings is 1. The molecule has 1 saturated carbocycles. The first-order valence-corrected chi connectivity index (χ1v) is 14.9. The van der Waals surface area contributed by atoms with Crippen LogP contribution in [0.25, 0.3) is 11.3 Å². The molecular weight excluding hydrogens is 552 g/mol. The number of carbonyl (C=O) groups is 3. The molecule has 0 amide bonds. The second-order valence-electron chi connectivity index (χ2n) is 13.4. The van der Waals surface area contributed by atoms with Crippen LogP contribution < -0.4 is 9.47 Å². The van der Waals surface area contributed by atoms with E-state index in [1.165, 1.54) is 13.2 Å². The number of methoxy groups -OCH3 is 1. The van der Waals surface area contributed by atoms with Gasteiger partial charge in [-0.3, -0.25) is 14.4 Å². The molecule has 8 rings (SSSR count). The number of fused-ring (bicyclic) bond motifs is 5. The molecule has 9 atom stereocenters. The monoisotopic (exact) mass is 586 g/mol. The van der Waals surface area contributed by atoms with Gasteiger partial charge in [-0.1, -0.05) is 25.5 Å². The molecule has 1 aromatic heterocycles. The molecule has 0 N–H and O–H groups in total. The van der Waals surface area contributed by atoms with Crippen molar-refractivity contribution in [2.45, 2.75) is 64.8 Å². The van der Waals surface area contributed by atoms with Gasteiger partial charge in [-0.2, -0.15) is 0 Å². The van der Waals surface area contributed by atoms with Crippen LogP contribution in [-0.4, -0.2) is 49.9 Å². The second kappa shape index (κ2) is 8.62. The van der Waals surface area contributed by atoms with Crippen LogP contribution in [0.15, 0.2) is 58.2 Å². The Morgan fingerprint density at radius 3 is 2.65 bits per heavy atom. The van der Waals surface area contributed by atoms with Gasteiger partial charge in [0.15, 0.2) is 17.3 Å². The van der Waals surface area contributed by atoms with Gasteiger partial charge in [0.05, 0.1) is 31.3 Å². The first-order valence-electron chi connectivity index (χ1n) is 14.9. The van der Waals surface area contributed by atoms with E-state index in [1.807, 2.05) is 38.1 Å². The number of hydrogen-bond donors (Lipinski definition) is 0. The number of carbonyl (C=O) groups excluding carboxylic acids is 3. The third kappa shape index (κ3) is 3.18. The summed E-state index contributed by atoms with van der Waals surface area (Å²) in [4.78, 5) is 40.4. The van der Waals surface area contributed by atoms with E-state index in [4.69, 9.17) is 28.1 Å². The zero-order valence-corrected chi connectivity index (χ0v) is 24.8. The maximum Gasteiger partial charge on any atom is 0.316 e. The van der Waals surface area contributed by atoms with Gasteiger partial charge in [-0.15, -0.1) is 0 Å². The average molecular weight is 587 g/mol. The molecule has 0 unspecified atom stereocenters. The van der Waals surface area contributed by atoms with Gasteiger partial charge in [0.2, 0.25) is 6.79 Å². The van der Waals surface area contributed by atoms with Crippen molar-refractivity contribution in [3.8, 4) is 22.8 Å². The number of ether oxygens (including phenoxy) is 5. The van der Waals surface area contributed by atoms with Crippen LogP contribution in [-0.2, 0) is 28.6 Å². The highest BCUT2D eigenvalue weighted by atomic mass is 16.7. The van der Waals surface area contributed by atoms with Crippen molar-refractivity contribution >= 4 is 17.7 Å². The fourth-order valence-electron chi connectivity index (χ4n) is 9.77. The van der Waals surface area contributed by atoms with Gasteiger partial charge in [0.25, 0.3) is 0 Å². The van der Waals surface area contributed by atoms with E-state index < -0.39 is 46.3 Å². The molecule has 2 saturated heterocycles. The number of rotatable bonds is 4. The van der Waals surface area contributed by atoms with Crippen molar-refractivity contribution < 1.29 is 42.5 Å². The van der Waals surface area contributed by atoms with E-state index >= 15 is 0 Å². The van der Waals surface area contributed by atoms with Gasteiger partial charge in [0, 0.05) is 33.8 Å². The molecule has 4 heterocycles. The standard InChI is InChI=1S/C34H34O9/c1-16-19(18-9-11-39-27(18)17-6-7-20-21(12-17)41-15-40-20)13-22-26(16)34(4)23(14-25(36)38-5)33(3)24(35)8-10-32(2)29(33)28(30(34)42-22)43-31(32)37/h6-12,19,22-23,28-30H,13-15H2,1-5H3/t19-,22-,23-,28-,29+,30-,32-,33+,34-/m1/s1. The van der Waals surface area contributed by atoms with E-state index in [1.54, 1.807) is 12.3 Å². The van der Waals surface area contributed by atoms with E-state index in [0.717, 1.165) is 28.0 Å². The lowest BCUT2D eigenvalue weighted by atomic mass is 9.42. The molecule has 3 fully saturated rings. The fraction of sp³-hybridized carbons (Fsp3) is 0.500. The summed E-state index contributed by atoms with van der Waals surface area (Å²) in [7, 11) is 1.37. The molecule has 9 heteroatoms. The lowest BCUT2D eigenvalue weighted by molar-refractivity contribution is -0.190. The Hall–Kier alpha value is -3.85. The Kier molecular flexibility index (Phi) is 5.36. The third-order valence-corrected chi connectivity index (χ3v) is 11.7. The molecule has 9 nitrogen and oxygen atoms in total. The van der Waals surface area contributed by atoms with Crippen LogP contribution in [0.2, 0.25) is 0 Å². The summed E-state index contributed by atoms with van der Waals surface area (Å²) < 4.78 is 35.4. The van der Waals surface area contributed by atoms with Gasteiger partial charge in [-0.05, 0) is 62.1 Å². The smallest absolute Gasteiger partial charge is 0.316 e. The third-order valence-electron chi connectivity index (χ3n) is 11.7. The first kappa shape index (κ1) is 26.8. The Balaban J connectivity index is 1.26. The van der Waals surface area contributed by atoms with Crippen LogP contribution in [0.4, 0.5) is 0 Å². The summed E-state index contributed by atoms with van der Waals surface area (Å²) in [5.41, 5.74) is 1.34. The highest BCUT2D eigenvalue weighted by molar-refractivity contribution is 6.00. The summed E-state index contributed by atoms with van der Waals surface area (Å²) in [6, 6.07) is 7.78. The molecule has 0 radical (unpaired) electrons. The predicted octanol–water partition coefficient (Wildman–Crippen LogP) is 5.14. The number of hydrogen-bond acceptors (Lipinski definition) is 9. The van der Waals surface area contributed by atoms with Gasteiger partial charge in [0.1, 0.15) is 18.0 Å². The van der Waals surface area contributed by atoms with Crippen molar-refractivity contribution in [1.82, 2.24) is 0 Å². The molecule has 0 spiro atoms. The Morgan fingerprint density at radius 2 is 1.86 bits per heavy atom. The zero-order chi connectivity index (χ0) is 30.1. The maximum absolute atomic E-state index is 13.9. The molecule has 3 aliphatic heterocycles. The first-order chi connectivity index (χ1) is 20.5. The van der Waals surface area contributed by atoms with Crippen molar-refractivity contribution in [3.63, 3.8) is 0 Å². The Labute approximate surface area is 249 Å². The van der Waals surface area contributed by atoms with E-state index in [-0.39, 0.29) is 37.0 Å². The van der Waals surface area contributed by atoms with Crippen LogP contribution in [0.3, 0.4) is 0 Å². The molecule has 2 aromatic rings. The fourth-order valence-corrected chi connectivity index (χ4v) is 9.77. The van der Waals surface area contributed by atoms with Crippen molar-refractivity contribution in [3.05, 3.63) is 59.4 Å². The summed E-state index contributed by atoms with van der Waals surface area (Å²) in [6.07, 6.45) is 4.22. The summed E-state index contributed by atoms with van der Waals surface area (Å²) in [6.45, 7) is 8.15. The number of esters is 2. The van der Waals surface area contributed by atoms with Gasteiger partial charge < -0.3 is 28.1 Å². The minimum absolute atomic E-state index is 0.0143. The highest BCUT2D eigenvalue weighted by Gasteiger charge is 2.77. The van der Waals surface area contributed by atoms with E-state index in [2.05, 4.69) is 13.8 Å². The van der Waals surface area contributed by atoms with E-state index in [0.29, 0.717) is 17.9 Å². The largest absolute Gasteiger partial charge is 0.469 e. The minimum Gasteiger partial charge on any atom is -0.469 e. The quantitative estimate of drug-likeness (QED) is 0.355. The van der Waals surface area contributed by atoms with Crippen LogP contribution in [0.1, 0.15) is 52.0 Å². The lowest BCUT2D eigenvalue weighted by Gasteiger charge is -2.59. The molecule has 6 aliphatic rings. The van der Waals surface area contributed by atoms with Crippen molar-refractivity contribution in [2.24, 2.45) is 28.1 Å². The summed E-state index contributed by atoms with van der Waals surface area (Å²) in [5, 5.41) is 0. The minimum atomic E-state index is -1.04. The van der Waals surface area contributed by atoms with Crippen molar-refractivity contribution in [2.75, 3.05) is 13.9 Å². The summed E-state index contributed by atoms with van der Waals surface area (Å²) >= 11 is 0. The van der Waals surface area contributed by atoms with Crippen LogP contribution in [0.5, 0.6) is 11.5 Å². The molecule has 1 aromatic carbocycles. The molecular formula is C34H34O9. The molecule has 0 bridgehead atoms. The average Bonchev–Trinajstić information content (AvgIpc) is 3.79. The SMILES string of the molecule is COC(=O)C[C@H]1[C@]2(C)C3=C(C)[C@H](c4ccoc4-c4ccc5c(c4)OCO5)C[C@H]3O[C@@H]2[C@@H]2OC(=O)[C@]3(C)C=CC(=O)[C@@]1(C)[C@@H]23. The normalized spacial score (nSPS) is 39.9. The van der Waals surface area contributed by atoms with Gasteiger partial charge >= 0.3 is 11.9 Å². The topological polar surface area (TPSA) is 110 Å². The maximum atomic E-state index is 13.9. The van der Waals surface area contributed by atoms with Crippen LogP contribution >= 0.6 is 0 Å². The van der Waals surface area contributed by atoms with Crippen LogP contribution in [0, 0.1) is 28.1 Å². The Bertz CT molecular complexity index is 1660. The van der Waals surface area contributed by atoms with Gasteiger partial charge in [-0.25, -0.2) is 0 Å². The lowest BCUT2D eigenvalue weighted by Crippen LogP contribution is -2.66. The predicted molar refractivity (Wildman–Crippen MR) is 151 cm³/mol.